The summed E-state index contributed by atoms with van der Waals surface area (Å²) < 4.78 is 5.38. The number of fused-ring (bicyclic) bond motifs is 1. The number of carbonyl (C=O) groups is 1. The van der Waals surface area contributed by atoms with E-state index in [1.165, 1.54) is 5.56 Å². The first-order chi connectivity index (χ1) is 14.2. The Morgan fingerprint density at radius 3 is 2.28 bits per heavy atom. The fraction of sp³-hybridized carbons (Fsp3) is 0.348. The molecular formula is C23H26N4O2. The SMILES string of the molecule is CCCOC(=O)c1nc2ccccc2nc1N1CCN(Cc2ccccc2)CC1. The van der Waals surface area contributed by atoms with Crippen LogP contribution in [0.2, 0.25) is 0 Å². The molecule has 150 valence electrons. The maximum atomic E-state index is 12.7. The first-order valence-corrected chi connectivity index (χ1v) is 10.2. The maximum absolute atomic E-state index is 12.7. The number of esters is 1. The maximum Gasteiger partial charge on any atom is 0.360 e. The summed E-state index contributed by atoms with van der Waals surface area (Å²) in [4.78, 5) is 26.6. The van der Waals surface area contributed by atoms with Crippen molar-refractivity contribution in [2.75, 3.05) is 37.7 Å². The normalized spacial score (nSPS) is 14.9. The lowest BCUT2D eigenvalue weighted by atomic mass is 10.2. The Kier molecular flexibility index (Phi) is 6.00. The van der Waals surface area contributed by atoms with Gasteiger partial charge in [0.2, 0.25) is 0 Å². The number of para-hydroxylation sites is 2. The van der Waals surface area contributed by atoms with E-state index in [0.29, 0.717) is 23.6 Å². The lowest BCUT2D eigenvalue weighted by molar-refractivity contribution is 0.0499. The van der Waals surface area contributed by atoms with Crippen molar-refractivity contribution in [2.45, 2.75) is 19.9 Å². The molecule has 0 atom stereocenters. The lowest BCUT2D eigenvalue weighted by Crippen LogP contribution is -2.46. The van der Waals surface area contributed by atoms with Crippen LogP contribution in [0.3, 0.4) is 0 Å². The zero-order chi connectivity index (χ0) is 20.1. The van der Waals surface area contributed by atoms with Crippen molar-refractivity contribution in [1.82, 2.24) is 14.9 Å². The molecule has 0 N–H and O–H groups in total. The number of nitrogens with zero attached hydrogens (tertiary/aromatic N) is 4. The third-order valence-corrected chi connectivity index (χ3v) is 5.10. The van der Waals surface area contributed by atoms with Crippen LogP contribution >= 0.6 is 0 Å². The highest BCUT2D eigenvalue weighted by atomic mass is 16.5. The molecule has 1 aromatic heterocycles. The molecule has 29 heavy (non-hydrogen) atoms. The molecule has 0 amide bonds. The molecule has 1 aliphatic rings. The standard InChI is InChI=1S/C23H26N4O2/c1-2-16-29-23(28)21-22(25-20-11-7-6-10-19(20)24-21)27-14-12-26(13-15-27)17-18-8-4-3-5-9-18/h3-11H,2,12-17H2,1H3. The molecule has 0 aliphatic carbocycles. The molecule has 0 unspecified atom stereocenters. The Balaban J connectivity index is 1.54. The highest BCUT2D eigenvalue weighted by Gasteiger charge is 2.25. The van der Waals surface area contributed by atoms with Crippen molar-refractivity contribution in [1.29, 1.82) is 0 Å². The van der Waals surface area contributed by atoms with Crippen molar-refractivity contribution in [2.24, 2.45) is 0 Å². The van der Waals surface area contributed by atoms with Crippen LogP contribution in [0.5, 0.6) is 0 Å². The van der Waals surface area contributed by atoms with Gasteiger partial charge < -0.3 is 9.64 Å². The van der Waals surface area contributed by atoms with Gasteiger partial charge in [0.25, 0.3) is 0 Å². The molecule has 6 nitrogen and oxygen atoms in total. The van der Waals surface area contributed by atoms with E-state index in [1.54, 1.807) is 0 Å². The van der Waals surface area contributed by atoms with E-state index < -0.39 is 5.97 Å². The Bertz CT molecular complexity index is 969. The van der Waals surface area contributed by atoms with Gasteiger partial charge in [-0.05, 0) is 24.1 Å². The van der Waals surface area contributed by atoms with Crippen LogP contribution < -0.4 is 4.90 Å². The number of hydrogen-bond donors (Lipinski definition) is 0. The molecular weight excluding hydrogens is 364 g/mol. The molecule has 4 rings (SSSR count). The minimum atomic E-state index is -0.396. The molecule has 1 aliphatic heterocycles. The Morgan fingerprint density at radius 2 is 1.59 bits per heavy atom. The van der Waals surface area contributed by atoms with E-state index in [0.717, 1.165) is 44.7 Å². The predicted molar refractivity (Wildman–Crippen MR) is 114 cm³/mol. The second-order valence-corrected chi connectivity index (χ2v) is 7.27. The van der Waals surface area contributed by atoms with Gasteiger partial charge in [0.1, 0.15) is 0 Å². The van der Waals surface area contributed by atoms with Gasteiger partial charge >= 0.3 is 5.97 Å². The number of carbonyl (C=O) groups excluding carboxylic acids is 1. The summed E-state index contributed by atoms with van der Waals surface area (Å²) in [6.45, 7) is 6.72. The molecule has 3 aromatic rings. The average molecular weight is 390 g/mol. The Morgan fingerprint density at radius 1 is 0.931 bits per heavy atom. The Hall–Kier alpha value is -2.99. The summed E-state index contributed by atoms with van der Waals surface area (Å²) in [5.41, 5.74) is 3.13. The average Bonchev–Trinajstić information content (AvgIpc) is 2.78. The molecule has 0 saturated carbocycles. The van der Waals surface area contributed by atoms with Gasteiger partial charge in [-0.25, -0.2) is 14.8 Å². The predicted octanol–water partition coefficient (Wildman–Crippen LogP) is 3.52. The van der Waals surface area contributed by atoms with Crippen LogP contribution in [0.25, 0.3) is 11.0 Å². The molecule has 0 bridgehead atoms. The summed E-state index contributed by atoms with van der Waals surface area (Å²) >= 11 is 0. The van der Waals surface area contributed by atoms with Crippen molar-refractivity contribution in [3.63, 3.8) is 0 Å². The van der Waals surface area contributed by atoms with Crippen LogP contribution in [-0.4, -0.2) is 53.6 Å². The number of ether oxygens (including phenoxy) is 1. The van der Waals surface area contributed by atoms with E-state index in [-0.39, 0.29) is 0 Å². The van der Waals surface area contributed by atoms with Crippen LogP contribution in [0.15, 0.2) is 54.6 Å². The zero-order valence-corrected chi connectivity index (χ0v) is 16.8. The molecule has 2 heterocycles. The quantitative estimate of drug-likeness (QED) is 0.600. The third kappa shape index (κ3) is 4.54. The first kappa shape index (κ1) is 19.3. The molecule has 1 fully saturated rings. The van der Waals surface area contributed by atoms with Gasteiger partial charge in [0.05, 0.1) is 17.6 Å². The summed E-state index contributed by atoms with van der Waals surface area (Å²) in [5.74, 6) is 0.232. The van der Waals surface area contributed by atoms with Crippen molar-refractivity contribution in [3.05, 3.63) is 65.9 Å². The molecule has 6 heteroatoms. The van der Waals surface area contributed by atoms with Crippen LogP contribution in [-0.2, 0) is 11.3 Å². The fourth-order valence-electron chi connectivity index (χ4n) is 3.57. The highest BCUT2D eigenvalue weighted by molar-refractivity contribution is 5.95. The monoisotopic (exact) mass is 390 g/mol. The molecule has 1 saturated heterocycles. The number of hydrogen-bond acceptors (Lipinski definition) is 6. The zero-order valence-electron chi connectivity index (χ0n) is 16.8. The Labute approximate surface area is 171 Å². The minimum absolute atomic E-state index is 0.314. The fourth-order valence-corrected chi connectivity index (χ4v) is 3.57. The van der Waals surface area contributed by atoms with Gasteiger partial charge in [0, 0.05) is 32.7 Å². The van der Waals surface area contributed by atoms with E-state index >= 15 is 0 Å². The molecule has 0 radical (unpaired) electrons. The summed E-state index contributed by atoms with van der Waals surface area (Å²) in [5, 5.41) is 0. The van der Waals surface area contributed by atoms with Crippen molar-refractivity contribution in [3.8, 4) is 0 Å². The number of piperazine rings is 1. The highest BCUT2D eigenvalue weighted by Crippen LogP contribution is 2.23. The number of rotatable bonds is 6. The summed E-state index contributed by atoms with van der Waals surface area (Å²) in [6, 6.07) is 18.1. The van der Waals surface area contributed by atoms with Gasteiger partial charge in [-0.2, -0.15) is 0 Å². The van der Waals surface area contributed by atoms with Crippen LogP contribution in [0.4, 0.5) is 5.82 Å². The van der Waals surface area contributed by atoms with Crippen molar-refractivity contribution < 1.29 is 9.53 Å². The van der Waals surface area contributed by atoms with E-state index in [9.17, 15) is 4.79 Å². The van der Waals surface area contributed by atoms with Crippen molar-refractivity contribution >= 4 is 22.8 Å². The smallest absolute Gasteiger partial charge is 0.360 e. The second kappa shape index (κ2) is 9.01. The van der Waals surface area contributed by atoms with Crippen LogP contribution in [0.1, 0.15) is 29.4 Å². The van der Waals surface area contributed by atoms with E-state index in [4.69, 9.17) is 9.72 Å². The van der Waals surface area contributed by atoms with Gasteiger partial charge in [-0.15, -0.1) is 0 Å². The van der Waals surface area contributed by atoms with Gasteiger partial charge in [0.15, 0.2) is 11.5 Å². The number of benzene rings is 2. The second-order valence-electron chi connectivity index (χ2n) is 7.27. The number of anilines is 1. The van der Waals surface area contributed by atoms with Gasteiger partial charge in [-0.3, -0.25) is 4.90 Å². The van der Waals surface area contributed by atoms with E-state index in [2.05, 4.69) is 39.0 Å². The number of aromatic nitrogens is 2. The van der Waals surface area contributed by atoms with Crippen LogP contribution in [0, 0.1) is 0 Å². The lowest BCUT2D eigenvalue weighted by Gasteiger charge is -2.35. The van der Waals surface area contributed by atoms with E-state index in [1.807, 2.05) is 37.3 Å². The van der Waals surface area contributed by atoms with Gasteiger partial charge in [-0.1, -0.05) is 49.4 Å². The third-order valence-electron chi connectivity index (χ3n) is 5.10. The topological polar surface area (TPSA) is 58.6 Å². The summed E-state index contributed by atoms with van der Waals surface area (Å²) in [7, 11) is 0. The first-order valence-electron chi connectivity index (χ1n) is 10.2. The molecule has 2 aromatic carbocycles. The molecule has 0 spiro atoms. The summed E-state index contributed by atoms with van der Waals surface area (Å²) in [6.07, 6.45) is 0.778. The largest absolute Gasteiger partial charge is 0.461 e. The minimum Gasteiger partial charge on any atom is -0.461 e.